The molecule has 214 valence electrons. The average molecular weight is 546 g/mol. The lowest BCUT2D eigenvalue weighted by atomic mass is 9.72. The van der Waals surface area contributed by atoms with E-state index in [2.05, 4.69) is 50.5 Å². The first-order valence-electron chi connectivity index (χ1n) is 15.0. The molecule has 8 heteroatoms. The van der Waals surface area contributed by atoms with Crippen molar-refractivity contribution in [2.45, 2.75) is 90.9 Å². The van der Waals surface area contributed by atoms with Crippen molar-refractivity contribution in [2.24, 2.45) is 17.8 Å². The van der Waals surface area contributed by atoms with E-state index < -0.39 is 5.67 Å². The number of nitrogens with one attached hydrogen (secondary N) is 1. The topological polar surface area (TPSA) is 88.7 Å². The minimum atomic E-state index is -1.36. The summed E-state index contributed by atoms with van der Waals surface area (Å²) < 4.78 is 16.9. The number of hydrogen-bond acceptors (Lipinski definition) is 5. The van der Waals surface area contributed by atoms with Crippen molar-refractivity contribution in [3.8, 4) is 0 Å². The number of aromatic amines is 1. The third kappa shape index (κ3) is 5.35. The number of benzene rings is 1. The van der Waals surface area contributed by atoms with Gasteiger partial charge in [0.05, 0.1) is 16.4 Å². The highest BCUT2D eigenvalue weighted by Crippen LogP contribution is 2.40. The Kier molecular flexibility index (Phi) is 7.09. The van der Waals surface area contributed by atoms with Crippen LogP contribution in [0.5, 0.6) is 0 Å². The molecule has 2 aliphatic carbocycles. The SMILES string of the molecule is Cc1cc2[nH]c(CC3CC(CN(C[C@@H]4CCC(n5ccc6c(N)ncnc65)C4)C(C)C)C3)nc2cc1C(C)(C)F. The summed E-state index contributed by atoms with van der Waals surface area (Å²) in [5.74, 6) is 3.73. The molecule has 6 rings (SSSR count). The maximum Gasteiger partial charge on any atom is 0.145 e. The summed E-state index contributed by atoms with van der Waals surface area (Å²) in [4.78, 5) is 19.7. The number of halogens is 1. The number of imidazole rings is 1. The maximum atomic E-state index is 14.6. The van der Waals surface area contributed by atoms with E-state index in [1.807, 2.05) is 19.1 Å². The van der Waals surface area contributed by atoms with E-state index in [1.165, 1.54) is 45.2 Å². The lowest BCUT2D eigenvalue weighted by molar-refractivity contribution is 0.0923. The summed E-state index contributed by atoms with van der Waals surface area (Å²) in [5.41, 5.74) is 9.26. The normalized spacial score (nSPS) is 23.6. The number of anilines is 1. The number of nitrogens with zero attached hydrogens (tertiary/aromatic N) is 5. The molecular formula is C32H44FN7. The van der Waals surface area contributed by atoms with E-state index in [-0.39, 0.29) is 0 Å². The highest BCUT2D eigenvalue weighted by molar-refractivity contribution is 5.86. The Balaban J connectivity index is 1.02. The van der Waals surface area contributed by atoms with Crippen molar-refractivity contribution in [2.75, 3.05) is 18.8 Å². The number of aryl methyl sites for hydroxylation is 1. The average Bonchev–Trinajstić information content (AvgIpc) is 3.58. The molecular weight excluding hydrogens is 501 g/mol. The number of nitrogen functional groups attached to an aromatic ring is 1. The predicted octanol–water partition coefficient (Wildman–Crippen LogP) is 6.72. The van der Waals surface area contributed by atoms with Crippen LogP contribution in [0.15, 0.2) is 30.7 Å². The molecule has 1 aromatic carbocycles. The van der Waals surface area contributed by atoms with Gasteiger partial charge in [0.2, 0.25) is 0 Å². The fraction of sp³-hybridized carbons (Fsp3) is 0.594. The molecule has 0 aliphatic heterocycles. The fourth-order valence-electron chi connectivity index (χ4n) is 7.33. The Morgan fingerprint density at radius 1 is 1.10 bits per heavy atom. The first-order valence-corrected chi connectivity index (χ1v) is 15.0. The highest BCUT2D eigenvalue weighted by atomic mass is 19.1. The standard InChI is InChI=1S/C32H44FN7/c1-19(2)39(16-21-6-7-24(13-21)40-9-8-25-30(34)35-18-36-31(25)40)17-23-11-22(12-23)14-29-37-27-10-20(3)26(32(4,5)33)15-28(27)38-29/h8-10,15,18-19,21-24H,6-7,11-14,16-17H2,1-5H3,(H,37,38)(H2,34,35,36)/t21-,22?,23?,24?/m1/s1. The van der Waals surface area contributed by atoms with Crippen LogP contribution >= 0.6 is 0 Å². The van der Waals surface area contributed by atoms with Crippen molar-refractivity contribution < 1.29 is 4.39 Å². The molecule has 40 heavy (non-hydrogen) atoms. The number of rotatable bonds is 9. The molecule has 7 nitrogen and oxygen atoms in total. The van der Waals surface area contributed by atoms with Crippen molar-refractivity contribution in [1.29, 1.82) is 0 Å². The van der Waals surface area contributed by atoms with Gasteiger partial charge in [0.15, 0.2) is 0 Å². The summed E-state index contributed by atoms with van der Waals surface area (Å²) in [6.45, 7) is 12.2. The lowest BCUT2D eigenvalue weighted by Crippen LogP contribution is -2.42. The smallest absolute Gasteiger partial charge is 0.145 e. The summed E-state index contributed by atoms with van der Waals surface area (Å²) in [6.07, 6.45) is 10.8. The van der Waals surface area contributed by atoms with Crippen LogP contribution in [-0.4, -0.2) is 48.5 Å². The van der Waals surface area contributed by atoms with E-state index in [9.17, 15) is 4.39 Å². The second-order valence-electron chi connectivity index (χ2n) is 13.3. The zero-order valence-electron chi connectivity index (χ0n) is 24.6. The van der Waals surface area contributed by atoms with Gasteiger partial charge in [-0.1, -0.05) is 0 Å². The number of alkyl halides is 1. The molecule has 2 atom stereocenters. The number of nitrogens with two attached hydrogens (primary N) is 1. The molecule has 2 saturated carbocycles. The van der Waals surface area contributed by atoms with Crippen LogP contribution < -0.4 is 5.73 Å². The van der Waals surface area contributed by atoms with Crippen LogP contribution in [0.1, 0.15) is 82.8 Å². The van der Waals surface area contributed by atoms with Gasteiger partial charge in [-0.3, -0.25) is 0 Å². The van der Waals surface area contributed by atoms with Crippen molar-refractivity contribution in [1.82, 2.24) is 29.4 Å². The molecule has 2 fully saturated rings. The van der Waals surface area contributed by atoms with Gasteiger partial charge in [-0.05, 0) is 114 Å². The molecule has 0 amide bonds. The van der Waals surface area contributed by atoms with Crippen molar-refractivity contribution >= 4 is 27.9 Å². The minimum absolute atomic E-state index is 0.485. The Bertz CT molecular complexity index is 1490. The van der Waals surface area contributed by atoms with Crippen LogP contribution in [0.25, 0.3) is 22.1 Å². The van der Waals surface area contributed by atoms with Crippen LogP contribution in [0.3, 0.4) is 0 Å². The van der Waals surface area contributed by atoms with Gasteiger partial charge in [0.1, 0.15) is 29.3 Å². The van der Waals surface area contributed by atoms with Gasteiger partial charge in [-0.15, -0.1) is 0 Å². The van der Waals surface area contributed by atoms with Crippen molar-refractivity contribution in [3.05, 3.63) is 47.7 Å². The molecule has 0 bridgehead atoms. The minimum Gasteiger partial charge on any atom is -0.383 e. The molecule has 0 radical (unpaired) electrons. The largest absolute Gasteiger partial charge is 0.383 e. The van der Waals surface area contributed by atoms with Gasteiger partial charge in [-0.2, -0.15) is 0 Å². The molecule has 2 aliphatic rings. The predicted molar refractivity (Wildman–Crippen MR) is 160 cm³/mol. The van der Waals surface area contributed by atoms with Gasteiger partial charge in [0.25, 0.3) is 0 Å². The van der Waals surface area contributed by atoms with Crippen LogP contribution in [0, 0.1) is 24.7 Å². The number of fused-ring (bicyclic) bond motifs is 2. The van der Waals surface area contributed by atoms with E-state index in [0.717, 1.165) is 51.4 Å². The molecule has 3 heterocycles. The second kappa shape index (κ2) is 10.4. The lowest BCUT2D eigenvalue weighted by Gasteiger charge is -2.40. The Morgan fingerprint density at radius 3 is 2.62 bits per heavy atom. The highest BCUT2D eigenvalue weighted by Gasteiger charge is 2.34. The number of aromatic nitrogens is 5. The first kappa shape index (κ1) is 27.2. The Labute approximate surface area is 236 Å². The molecule has 3 N–H and O–H groups in total. The van der Waals surface area contributed by atoms with Crippen LogP contribution in [0.2, 0.25) is 0 Å². The van der Waals surface area contributed by atoms with Gasteiger partial charge < -0.3 is 20.2 Å². The second-order valence-corrected chi connectivity index (χ2v) is 13.3. The van der Waals surface area contributed by atoms with E-state index in [0.29, 0.717) is 29.7 Å². The third-order valence-corrected chi connectivity index (χ3v) is 9.50. The third-order valence-electron chi connectivity index (χ3n) is 9.50. The molecule has 1 unspecified atom stereocenters. The molecule has 3 aromatic heterocycles. The number of hydrogen-bond donors (Lipinski definition) is 2. The summed E-state index contributed by atoms with van der Waals surface area (Å²) in [7, 11) is 0. The zero-order chi connectivity index (χ0) is 28.2. The Hall–Kier alpha value is -3.00. The Morgan fingerprint density at radius 2 is 1.88 bits per heavy atom. The quantitative estimate of drug-likeness (QED) is 0.244. The summed E-state index contributed by atoms with van der Waals surface area (Å²) >= 11 is 0. The van der Waals surface area contributed by atoms with Gasteiger partial charge in [-0.25, -0.2) is 19.3 Å². The molecule has 4 aromatic rings. The van der Waals surface area contributed by atoms with Crippen LogP contribution in [-0.2, 0) is 12.1 Å². The number of H-pyrrole nitrogens is 1. The molecule has 0 saturated heterocycles. The van der Waals surface area contributed by atoms with E-state index in [4.69, 9.17) is 10.7 Å². The summed E-state index contributed by atoms with van der Waals surface area (Å²) in [6, 6.07) is 7.05. The van der Waals surface area contributed by atoms with E-state index >= 15 is 0 Å². The zero-order valence-corrected chi connectivity index (χ0v) is 24.6. The van der Waals surface area contributed by atoms with Crippen molar-refractivity contribution in [3.63, 3.8) is 0 Å². The van der Waals surface area contributed by atoms with Gasteiger partial charge in [0, 0.05) is 37.8 Å². The molecule has 0 spiro atoms. The maximum absolute atomic E-state index is 14.6. The van der Waals surface area contributed by atoms with E-state index in [1.54, 1.807) is 20.2 Å². The van der Waals surface area contributed by atoms with Crippen LogP contribution in [0.4, 0.5) is 10.2 Å². The first-order chi connectivity index (χ1) is 19.0. The monoisotopic (exact) mass is 545 g/mol. The summed E-state index contributed by atoms with van der Waals surface area (Å²) in [5, 5.41) is 0.959. The fourth-order valence-corrected chi connectivity index (χ4v) is 7.33. The van der Waals surface area contributed by atoms with Gasteiger partial charge >= 0.3 is 0 Å².